The smallest absolute Gasteiger partial charge is 0.408 e. The molecule has 0 spiro atoms. The molecule has 0 aromatic carbocycles. The second-order valence-corrected chi connectivity index (χ2v) is 5.98. The van der Waals surface area contributed by atoms with E-state index in [9.17, 15) is 14.7 Å². The van der Waals surface area contributed by atoms with Crippen LogP contribution in [0, 0.1) is 5.41 Å². The van der Waals surface area contributed by atoms with Crippen LogP contribution >= 0.6 is 0 Å². The standard InChI is InChI=1S/C12H21NO5/c1-11(2,3)18-10(16)13-8-5-12(4,6-14)7-17-9(8)15/h8,14H,5-7H2,1-4H3,(H,13,16). The van der Waals surface area contributed by atoms with E-state index in [1.165, 1.54) is 0 Å². The molecule has 1 saturated heterocycles. The fraction of sp³-hybridized carbons (Fsp3) is 0.833. The van der Waals surface area contributed by atoms with Gasteiger partial charge in [0.1, 0.15) is 11.6 Å². The number of alkyl carbamates (subject to hydrolysis) is 1. The number of esters is 1. The summed E-state index contributed by atoms with van der Waals surface area (Å²) in [7, 11) is 0. The molecule has 1 amide bonds. The molecule has 1 aliphatic rings. The van der Waals surface area contributed by atoms with Gasteiger partial charge in [-0.3, -0.25) is 0 Å². The zero-order chi connectivity index (χ0) is 14.0. The molecule has 1 rings (SSSR count). The van der Waals surface area contributed by atoms with E-state index < -0.39 is 29.1 Å². The number of cyclic esters (lactones) is 1. The zero-order valence-electron chi connectivity index (χ0n) is 11.3. The number of rotatable bonds is 2. The van der Waals surface area contributed by atoms with Gasteiger partial charge in [-0.1, -0.05) is 6.92 Å². The molecule has 1 heterocycles. The van der Waals surface area contributed by atoms with E-state index in [-0.39, 0.29) is 13.2 Å². The van der Waals surface area contributed by atoms with Crippen molar-refractivity contribution in [2.75, 3.05) is 13.2 Å². The van der Waals surface area contributed by atoms with E-state index in [0.717, 1.165) is 0 Å². The first-order chi connectivity index (χ1) is 8.15. The van der Waals surface area contributed by atoms with Crippen molar-refractivity contribution >= 4 is 12.1 Å². The molecule has 0 aromatic rings. The lowest BCUT2D eigenvalue weighted by atomic mass is 9.83. The predicted molar refractivity (Wildman–Crippen MR) is 63.9 cm³/mol. The first-order valence-corrected chi connectivity index (χ1v) is 5.92. The van der Waals surface area contributed by atoms with Gasteiger partial charge in [-0.05, 0) is 27.2 Å². The van der Waals surface area contributed by atoms with E-state index in [1.54, 1.807) is 27.7 Å². The van der Waals surface area contributed by atoms with E-state index in [4.69, 9.17) is 9.47 Å². The second kappa shape index (κ2) is 5.14. The summed E-state index contributed by atoms with van der Waals surface area (Å²) < 4.78 is 10.0. The first kappa shape index (κ1) is 14.8. The minimum atomic E-state index is -0.772. The number of hydrogen-bond donors (Lipinski definition) is 2. The van der Waals surface area contributed by atoms with Crippen molar-refractivity contribution in [1.29, 1.82) is 0 Å². The van der Waals surface area contributed by atoms with E-state index in [0.29, 0.717) is 6.42 Å². The third kappa shape index (κ3) is 4.18. The van der Waals surface area contributed by atoms with Crippen LogP contribution in [0.2, 0.25) is 0 Å². The number of hydrogen-bond acceptors (Lipinski definition) is 5. The molecule has 2 N–H and O–H groups in total. The maximum absolute atomic E-state index is 11.6. The Morgan fingerprint density at radius 1 is 1.61 bits per heavy atom. The van der Waals surface area contributed by atoms with Gasteiger partial charge in [-0.25, -0.2) is 9.59 Å². The highest BCUT2D eigenvalue weighted by Crippen LogP contribution is 2.28. The van der Waals surface area contributed by atoms with Crippen molar-refractivity contribution in [3.05, 3.63) is 0 Å². The molecule has 0 radical (unpaired) electrons. The highest BCUT2D eigenvalue weighted by molar-refractivity contribution is 5.82. The molecule has 0 saturated carbocycles. The molecular weight excluding hydrogens is 238 g/mol. The van der Waals surface area contributed by atoms with Crippen LogP contribution in [0.25, 0.3) is 0 Å². The average Bonchev–Trinajstić information content (AvgIpc) is 2.21. The lowest BCUT2D eigenvalue weighted by Crippen LogP contribution is -2.52. The second-order valence-electron chi connectivity index (χ2n) is 5.98. The molecule has 6 nitrogen and oxygen atoms in total. The Balaban J connectivity index is 2.59. The number of amides is 1. The summed E-state index contributed by atoms with van der Waals surface area (Å²) in [5.74, 6) is -0.494. The van der Waals surface area contributed by atoms with Crippen LogP contribution in [0.4, 0.5) is 4.79 Å². The molecule has 104 valence electrons. The monoisotopic (exact) mass is 259 g/mol. The Kier molecular flexibility index (Phi) is 4.21. The molecule has 18 heavy (non-hydrogen) atoms. The topological polar surface area (TPSA) is 84.9 Å². The largest absolute Gasteiger partial charge is 0.463 e. The number of nitrogens with one attached hydrogen (secondary N) is 1. The molecule has 0 aromatic heterocycles. The Morgan fingerprint density at radius 3 is 2.72 bits per heavy atom. The van der Waals surface area contributed by atoms with Crippen LogP contribution in [0.1, 0.15) is 34.1 Å². The highest BCUT2D eigenvalue weighted by atomic mass is 16.6. The van der Waals surface area contributed by atoms with Crippen molar-refractivity contribution in [1.82, 2.24) is 5.32 Å². The number of carbonyl (C=O) groups is 2. The van der Waals surface area contributed by atoms with Crippen molar-refractivity contribution < 1.29 is 24.2 Å². The Labute approximate surface area is 107 Å². The summed E-state index contributed by atoms with van der Waals surface area (Å²) in [4.78, 5) is 23.1. The van der Waals surface area contributed by atoms with Crippen molar-refractivity contribution in [3.8, 4) is 0 Å². The summed E-state index contributed by atoms with van der Waals surface area (Å²) in [6, 6.07) is -0.772. The van der Waals surface area contributed by atoms with Gasteiger partial charge < -0.3 is 19.9 Å². The van der Waals surface area contributed by atoms with Gasteiger partial charge in [0.2, 0.25) is 0 Å². The SMILES string of the molecule is CC1(CO)COC(=O)C(NC(=O)OC(C)(C)C)C1. The van der Waals surface area contributed by atoms with E-state index >= 15 is 0 Å². The fourth-order valence-electron chi connectivity index (χ4n) is 1.65. The van der Waals surface area contributed by atoms with E-state index in [2.05, 4.69) is 5.32 Å². The zero-order valence-corrected chi connectivity index (χ0v) is 11.3. The van der Waals surface area contributed by atoms with Crippen LogP contribution in [0.15, 0.2) is 0 Å². The van der Waals surface area contributed by atoms with Crippen LogP contribution in [0.5, 0.6) is 0 Å². The number of aliphatic hydroxyl groups excluding tert-OH is 1. The predicted octanol–water partition coefficient (Wildman–Crippen LogP) is 0.825. The average molecular weight is 259 g/mol. The quantitative estimate of drug-likeness (QED) is 0.717. The van der Waals surface area contributed by atoms with Crippen LogP contribution in [-0.4, -0.2) is 42.0 Å². The number of ether oxygens (including phenoxy) is 2. The maximum atomic E-state index is 11.6. The first-order valence-electron chi connectivity index (χ1n) is 5.92. The summed E-state index contributed by atoms with van der Waals surface area (Å²) >= 11 is 0. The summed E-state index contributed by atoms with van der Waals surface area (Å²) in [6.45, 7) is 7.07. The molecule has 6 heteroatoms. The van der Waals surface area contributed by atoms with Gasteiger partial charge in [0.15, 0.2) is 0 Å². The highest BCUT2D eigenvalue weighted by Gasteiger charge is 2.39. The van der Waals surface area contributed by atoms with Gasteiger partial charge in [0.05, 0.1) is 13.2 Å². The van der Waals surface area contributed by atoms with Crippen LogP contribution < -0.4 is 5.32 Å². The Hall–Kier alpha value is -1.30. The fourth-order valence-corrected chi connectivity index (χ4v) is 1.65. The Morgan fingerprint density at radius 2 is 2.22 bits per heavy atom. The molecule has 0 aliphatic carbocycles. The van der Waals surface area contributed by atoms with Crippen molar-refractivity contribution in [3.63, 3.8) is 0 Å². The van der Waals surface area contributed by atoms with Gasteiger partial charge in [-0.2, -0.15) is 0 Å². The Bertz CT molecular complexity index is 336. The molecule has 1 aliphatic heterocycles. The lowest BCUT2D eigenvalue weighted by Gasteiger charge is -2.35. The minimum absolute atomic E-state index is 0.104. The lowest BCUT2D eigenvalue weighted by molar-refractivity contribution is -0.159. The van der Waals surface area contributed by atoms with Gasteiger partial charge in [0, 0.05) is 5.41 Å². The third-order valence-electron chi connectivity index (χ3n) is 2.62. The van der Waals surface area contributed by atoms with Gasteiger partial charge in [-0.15, -0.1) is 0 Å². The normalized spacial score (nSPS) is 28.5. The van der Waals surface area contributed by atoms with Crippen LogP contribution in [-0.2, 0) is 14.3 Å². The van der Waals surface area contributed by atoms with Gasteiger partial charge >= 0.3 is 12.1 Å². The van der Waals surface area contributed by atoms with Gasteiger partial charge in [0.25, 0.3) is 0 Å². The molecule has 0 bridgehead atoms. The van der Waals surface area contributed by atoms with E-state index in [1.807, 2.05) is 0 Å². The molecule has 1 fully saturated rings. The third-order valence-corrected chi connectivity index (χ3v) is 2.62. The maximum Gasteiger partial charge on any atom is 0.408 e. The van der Waals surface area contributed by atoms with Crippen LogP contribution in [0.3, 0.4) is 0 Å². The summed E-state index contributed by atoms with van der Waals surface area (Å²) in [6.07, 6.45) is -0.326. The minimum Gasteiger partial charge on any atom is -0.463 e. The molecule has 2 atom stereocenters. The summed E-state index contributed by atoms with van der Waals surface area (Å²) in [5, 5.41) is 11.7. The number of carbonyl (C=O) groups excluding carboxylic acids is 2. The van der Waals surface area contributed by atoms with Crippen molar-refractivity contribution in [2.45, 2.75) is 45.8 Å². The molecular formula is C12H21NO5. The number of aliphatic hydroxyl groups is 1. The summed E-state index contributed by atoms with van der Waals surface area (Å²) in [5.41, 5.74) is -1.14. The molecule has 2 unspecified atom stereocenters. The van der Waals surface area contributed by atoms with Crippen molar-refractivity contribution in [2.24, 2.45) is 5.41 Å².